The minimum absolute atomic E-state index is 0.0755. The predicted octanol–water partition coefficient (Wildman–Crippen LogP) is 3.82. The van der Waals surface area contributed by atoms with Crippen LogP contribution in [0.15, 0.2) is 34.4 Å². The van der Waals surface area contributed by atoms with Crippen molar-refractivity contribution in [3.05, 3.63) is 35.4 Å². The molecule has 174 valence electrons. The van der Waals surface area contributed by atoms with Crippen LogP contribution >= 0.6 is 0 Å². The molecule has 0 saturated carbocycles. The maximum absolute atomic E-state index is 13.1. The summed E-state index contributed by atoms with van der Waals surface area (Å²) in [5, 5.41) is 8.63. The monoisotopic (exact) mass is 451 g/mol. The highest BCUT2D eigenvalue weighted by Gasteiger charge is 2.44. The molecular formula is C22H28F3N5O2. The zero-order chi connectivity index (χ0) is 22.8. The molecule has 3 aliphatic rings. The summed E-state index contributed by atoms with van der Waals surface area (Å²) >= 11 is 0. The number of rotatable bonds is 1. The van der Waals surface area contributed by atoms with Gasteiger partial charge in [-0.25, -0.2) is 9.80 Å². The number of hydrazone groups is 1. The number of ether oxygens (including phenoxy) is 1. The van der Waals surface area contributed by atoms with Crippen molar-refractivity contribution in [3.8, 4) is 0 Å². The fourth-order valence-electron chi connectivity index (χ4n) is 4.49. The van der Waals surface area contributed by atoms with Crippen molar-refractivity contribution in [2.75, 3.05) is 33.3 Å². The number of likely N-dealkylation sites (tertiary alicyclic amines) is 1. The Kier molecular flexibility index (Phi) is 6.41. The van der Waals surface area contributed by atoms with Crippen molar-refractivity contribution in [1.29, 1.82) is 0 Å². The average molecular weight is 451 g/mol. The Morgan fingerprint density at radius 2 is 2.06 bits per heavy atom. The van der Waals surface area contributed by atoms with E-state index in [4.69, 9.17) is 4.74 Å². The van der Waals surface area contributed by atoms with Crippen LogP contribution in [0.25, 0.3) is 0 Å². The summed E-state index contributed by atoms with van der Waals surface area (Å²) in [7, 11) is 1.74. The smallest absolute Gasteiger partial charge is 0.374 e. The van der Waals surface area contributed by atoms with E-state index in [0.29, 0.717) is 57.0 Å². The predicted molar refractivity (Wildman–Crippen MR) is 115 cm³/mol. The van der Waals surface area contributed by atoms with Gasteiger partial charge in [0.15, 0.2) is 0 Å². The molecule has 1 N–H and O–H groups in total. The third kappa shape index (κ3) is 5.06. The third-order valence-electron chi connectivity index (χ3n) is 6.39. The molecule has 1 unspecified atom stereocenters. The molecule has 1 spiro atoms. The van der Waals surface area contributed by atoms with Crippen molar-refractivity contribution in [2.45, 2.75) is 49.8 Å². The lowest BCUT2D eigenvalue weighted by Crippen LogP contribution is -2.52. The molecule has 2 fully saturated rings. The molecule has 7 nitrogen and oxygen atoms in total. The van der Waals surface area contributed by atoms with Crippen molar-refractivity contribution in [1.82, 2.24) is 15.2 Å². The molecule has 1 atom stereocenters. The van der Waals surface area contributed by atoms with E-state index in [0.717, 1.165) is 18.9 Å². The van der Waals surface area contributed by atoms with Gasteiger partial charge in [-0.15, -0.1) is 0 Å². The fraction of sp³-hybridized carbons (Fsp3) is 0.591. The second-order valence-corrected chi connectivity index (χ2v) is 8.60. The first-order valence-corrected chi connectivity index (χ1v) is 10.9. The van der Waals surface area contributed by atoms with Crippen LogP contribution in [0, 0.1) is 0 Å². The summed E-state index contributed by atoms with van der Waals surface area (Å²) in [5.74, 6) is 0.349. The summed E-state index contributed by atoms with van der Waals surface area (Å²) in [6.07, 6.45) is 1.15. The Labute approximate surface area is 185 Å². The lowest BCUT2D eigenvalue weighted by atomic mass is 9.83. The summed E-state index contributed by atoms with van der Waals surface area (Å²) in [5.41, 5.74) is -0.370. The van der Waals surface area contributed by atoms with E-state index in [1.165, 1.54) is 12.1 Å². The number of piperidine rings is 1. The number of hydrogen-bond acceptors (Lipinski definition) is 5. The van der Waals surface area contributed by atoms with Crippen LogP contribution < -0.4 is 5.32 Å². The first-order valence-electron chi connectivity index (χ1n) is 10.9. The number of aliphatic imine (C=N–C) groups is 1. The topological polar surface area (TPSA) is 69.5 Å². The van der Waals surface area contributed by atoms with Crippen molar-refractivity contribution < 1.29 is 22.7 Å². The third-order valence-corrected chi connectivity index (χ3v) is 6.39. The normalized spacial score (nSPS) is 23.6. The molecule has 10 heteroatoms. The van der Waals surface area contributed by atoms with Gasteiger partial charge in [0.2, 0.25) is 5.96 Å². The number of urea groups is 1. The second kappa shape index (κ2) is 9.09. The number of carbonyl (C=O) groups excluding carboxylic acids is 1. The number of nitrogens with zero attached hydrogens (tertiary/aromatic N) is 4. The molecule has 2 saturated heterocycles. The fourth-order valence-corrected chi connectivity index (χ4v) is 4.49. The van der Waals surface area contributed by atoms with Gasteiger partial charge in [-0.2, -0.15) is 18.3 Å². The number of carbonyl (C=O) groups is 1. The van der Waals surface area contributed by atoms with Crippen LogP contribution in [0.5, 0.6) is 0 Å². The van der Waals surface area contributed by atoms with Crippen molar-refractivity contribution in [3.63, 3.8) is 0 Å². The van der Waals surface area contributed by atoms with Crippen LogP contribution in [-0.4, -0.2) is 67.0 Å². The molecule has 3 heterocycles. The molecule has 3 aliphatic heterocycles. The van der Waals surface area contributed by atoms with Gasteiger partial charge >= 0.3 is 12.2 Å². The minimum Gasteiger partial charge on any atom is -0.374 e. The molecule has 32 heavy (non-hydrogen) atoms. The summed E-state index contributed by atoms with van der Waals surface area (Å²) in [6, 6.07) is 5.28. The molecule has 0 radical (unpaired) electrons. The number of nitrogens with one attached hydrogen (secondary N) is 1. The highest BCUT2D eigenvalue weighted by atomic mass is 19.4. The Morgan fingerprint density at radius 3 is 2.81 bits per heavy atom. The second-order valence-electron chi connectivity index (χ2n) is 8.60. The molecular weight excluding hydrogens is 423 g/mol. The Morgan fingerprint density at radius 1 is 1.28 bits per heavy atom. The van der Waals surface area contributed by atoms with Crippen molar-refractivity contribution >= 4 is 18.2 Å². The van der Waals surface area contributed by atoms with Crippen molar-refractivity contribution in [2.24, 2.45) is 10.1 Å². The Bertz CT molecular complexity index is 894. The lowest BCUT2D eigenvalue weighted by molar-refractivity contribution is -0.137. The van der Waals surface area contributed by atoms with Gasteiger partial charge in [-0.1, -0.05) is 18.2 Å². The van der Waals surface area contributed by atoms with Gasteiger partial charge in [-0.3, -0.25) is 10.3 Å². The first kappa shape index (κ1) is 22.6. The molecule has 1 aromatic rings. The molecule has 2 amide bonds. The van der Waals surface area contributed by atoms with Gasteiger partial charge in [0.1, 0.15) is 0 Å². The Balaban J connectivity index is 1.34. The number of benzene rings is 1. The number of hydrogen-bond donors (Lipinski definition) is 1. The van der Waals surface area contributed by atoms with Gasteiger partial charge < -0.3 is 9.64 Å². The standard InChI is InChI=1S/C22H28F3N5O2/c1-29-19(26-9-2-3-10-27-29)28-20(31)30-11-7-21(8-12-30)14-17(15-32-21)16-5-4-6-18(13-16)22(23,24)25/h4-6,10,13,17H,2-3,7-9,11-12,14-15H2,1H3,(H,26,28,31). The van der Waals surface area contributed by atoms with Crippen LogP contribution in [0.4, 0.5) is 18.0 Å². The summed E-state index contributed by atoms with van der Waals surface area (Å²) in [6.45, 7) is 2.05. The average Bonchev–Trinajstić information content (AvgIpc) is 3.17. The van der Waals surface area contributed by atoms with E-state index in [2.05, 4.69) is 15.4 Å². The number of amides is 2. The number of alkyl halides is 3. The lowest BCUT2D eigenvalue weighted by Gasteiger charge is -2.38. The van der Waals surface area contributed by atoms with Crippen LogP contribution in [-0.2, 0) is 10.9 Å². The molecule has 0 bridgehead atoms. The van der Waals surface area contributed by atoms with Crippen LogP contribution in [0.2, 0.25) is 0 Å². The summed E-state index contributed by atoms with van der Waals surface area (Å²) in [4.78, 5) is 18.9. The zero-order valence-electron chi connectivity index (χ0n) is 18.1. The number of guanidine groups is 1. The molecule has 4 rings (SSSR count). The highest BCUT2D eigenvalue weighted by molar-refractivity contribution is 5.96. The van der Waals surface area contributed by atoms with E-state index in [1.54, 1.807) is 23.0 Å². The van der Waals surface area contributed by atoms with E-state index >= 15 is 0 Å². The highest BCUT2D eigenvalue weighted by Crippen LogP contribution is 2.43. The van der Waals surface area contributed by atoms with Gasteiger partial charge in [0, 0.05) is 38.8 Å². The van der Waals surface area contributed by atoms with E-state index in [9.17, 15) is 18.0 Å². The maximum Gasteiger partial charge on any atom is 0.416 e. The van der Waals surface area contributed by atoms with E-state index < -0.39 is 17.3 Å². The van der Waals surface area contributed by atoms with E-state index in [1.807, 2.05) is 6.21 Å². The van der Waals surface area contributed by atoms with E-state index in [-0.39, 0.29) is 11.9 Å². The van der Waals surface area contributed by atoms with Crippen LogP contribution in [0.3, 0.4) is 0 Å². The van der Waals surface area contributed by atoms with Gasteiger partial charge in [-0.05, 0) is 43.7 Å². The maximum atomic E-state index is 13.1. The zero-order valence-corrected chi connectivity index (χ0v) is 18.1. The summed E-state index contributed by atoms with van der Waals surface area (Å²) < 4.78 is 45.3. The first-order chi connectivity index (χ1) is 15.3. The minimum atomic E-state index is -4.36. The molecule has 0 aromatic heterocycles. The number of halogens is 3. The molecule has 1 aromatic carbocycles. The quantitative estimate of drug-likeness (QED) is 0.706. The van der Waals surface area contributed by atoms with Gasteiger partial charge in [0.05, 0.1) is 17.8 Å². The SMILES string of the molecule is CN1N=CCCCN=C1NC(=O)N1CCC2(CC1)CC(c1cccc(C(F)(F)F)c1)CO2. The van der Waals surface area contributed by atoms with Crippen LogP contribution in [0.1, 0.15) is 49.1 Å². The Hall–Kier alpha value is -2.62. The molecule has 0 aliphatic carbocycles. The van der Waals surface area contributed by atoms with Gasteiger partial charge in [0.25, 0.3) is 0 Å². The largest absolute Gasteiger partial charge is 0.416 e.